The zero-order valence-corrected chi connectivity index (χ0v) is 20.5. The third kappa shape index (κ3) is 9.11. The van der Waals surface area contributed by atoms with Gasteiger partial charge < -0.3 is 45.2 Å². The Bertz CT molecular complexity index is 1300. The molecule has 0 spiro atoms. The molecule has 0 bridgehead atoms. The molecule has 1 aliphatic heterocycles. The fraction of sp³-hybridized carbons (Fsp3) is 0.500. The molecule has 2 aromatic rings. The molecule has 1 saturated heterocycles. The summed E-state index contributed by atoms with van der Waals surface area (Å²) in [5.41, 5.74) is 6.08. The van der Waals surface area contributed by atoms with Crippen LogP contribution in [0.2, 0.25) is 0 Å². The van der Waals surface area contributed by atoms with Crippen molar-refractivity contribution in [2.45, 2.75) is 24.5 Å². The number of imidazole rings is 1. The Labute approximate surface area is 199 Å². The summed E-state index contributed by atoms with van der Waals surface area (Å²) in [5.74, 6) is 0.0789. The van der Waals surface area contributed by atoms with Crippen LogP contribution in [0.3, 0.4) is 0 Å². The van der Waals surface area contributed by atoms with Gasteiger partial charge in [0.2, 0.25) is 0 Å². The summed E-state index contributed by atoms with van der Waals surface area (Å²) in [7, 11) is -20.6. The Hall–Kier alpha value is -1.49. The second kappa shape index (κ2) is 11.1. The number of hydrogen-bond donors (Lipinski definition) is 9. The first kappa shape index (κ1) is 30.7. The van der Waals surface area contributed by atoms with E-state index >= 15 is 0 Å². The van der Waals surface area contributed by atoms with E-state index in [1.165, 1.54) is 10.9 Å². The summed E-state index contributed by atoms with van der Waals surface area (Å²) in [6.07, 6.45) is -3.29. The first-order valence-electron chi connectivity index (χ1n) is 8.62. The van der Waals surface area contributed by atoms with Crippen molar-refractivity contribution >= 4 is 50.8 Å². The standard InChI is InChI=1S/C10H14N5O10PS.H4O7P2/c11-8-5-9(13-2-12-8)15(3-14-5)10-7(17)6(16)4(24-10)1-23-26(18,19)25-27(20,21)22;1-8(2,3)7-9(4,5)6/h2-4,6-7,10,16-17H,1H2,(H,18,19)(H2,11,12,13)(H,20,21,22);(H2,1,2,3)(H2,4,5,6)/t4-,6-,7-,10-;/m1./s1. The Morgan fingerprint density at radius 1 is 1.03 bits per heavy atom. The molecule has 26 heteroatoms. The van der Waals surface area contributed by atoms with Gasteiger partial charge in [-0.3, -0.25) is 13.6 Å². The molecule has 10 N–H and O–H groups in total. The molecule has 1 aliphatic rings. The van der Waals surface area contributed by atoms with Crippen molar-refractivity contribution < 1.29 is 78.9 Å². The maximum Gasteiger partial charge on any atom is 0.488 e. The minimum absolute atomic E-state index is 0.0789. The second-order valence-electron chi connectivity index (χ2n) is 6.46. The average molecular weight is 605 g/mol. The van der Waals surface area contributed by atoms with Gasteiger partial charge in [0.1, 0.15) is 30.2 Å². The van der Waals surface area contributed by atoms with E-state index in [2.05, 4.69) is 27.8 Å². The molecule has 1 fully saturated rings. The van der Waals surface area contributed by atoms with Crippen LogP contribution in [0.25, 0.3) is 11.2 Å². The number of nitrogens with zero attached hydrogens (tertiary/aromatic N) is 4. The van der Waals surface area contributed by atoms with Gasteiger partial charge in [-0.2, -0.15) is 12.7 Å². The van der Waals surface area contributed by atoms with Crippen LogP contribution >= 0.6 is 23.5 Å². The summed E-state index contributed by atoms with van der Waals surface area (Å²) < 4.78 is 77.5. The number of aliphatic hydroxyl groups excluding tert-OH is 2. The Morgan fingerprint density at radius 2 is 1.61 bits per heavy atom. The van der Waals surface area contributed by atoms with Gasteiger partial charge in [0.25, 0.3) is 0 Å². The van der Waals surface area contributed by atoms with Crippen molar-refractivity contribution in [1.82, 2.24) is 19.5 Å². The third-order valence-electron chi connectivity index (χ3n) is 3.80. The Kier molecular flexibility index (Phi) is 9.47. The minimum Gasteiger partial charge on any atom is -0.387 e. The van der Waals surface area contributed by atoms with Crippen molar-refractivity contribution in [3.05, 3.63) is 12.7 Å². The molecule has 2 aromatic heterocycles. The number of nitrogens with two attached hydrogens (primary N) is 1. The summed E-state index contributed by atoms with van der Waals surface area (Å²) in [5, 5.41) is 20.2. The molecule has 22 nitrogen and oxygen atoms in total. The highest BCUT2D eigenvalue weighted by atomic mass is 32.3. The van der Waals surface area contributed by atoms with E-state index in [4.69, 9.17) is 34.6 Å². The van der Waals surface area contributed by atoms with Crippen LogP contribution in [0.5, 0.6) is 0 Å². The van der Waals surface area contributed by atoms with E-state index in [1.54, 1.807) is 0 Å². The second-order valence-corrected chi connectivity index (χ2v) is 11.7. The highest BCUT2D eigenvalue weighted by Crippen LogP contribution is 2.53. The molecule has 5 atom stereocenters. The number of phosphoric ester groups is 1. The van der Waals surface area contributed by atoms with Crippen LogP contribution in [0.4, 0.5) is 5.82 Å². The lowest BCUT2D eigenvalue weighted by Crippen LogP contribution is -2.33. The van der Waals surface area contributed by atoms with E-state index in [-0.39, 0.29) is 17.0 Å². The largest absolute Gasteiger partial charge is 0.488 e. The molecule has 206 valence electrons. The van der Waals surface area contributed by atoms with Crippen LogP contribution < -0.4 is 5.73 Å². The summed E-state index contributed by atoms with van der Waals surface area (Å²) in [4.78, 5) is 51.9. The lowest BCUT2D eigenvalue weighted by Gasteiger charge is -2.16. The Balaban J connectivity index is 0.000000434. The van der Waals surface area contributed by atoms with Crippen LogP contribution in [0.1, 0.15) is 6.23 Å². The van der Waals surface area contributed by atoms with Crippen LogP contribution in [-0.4, -0.2) is 92.1 Å². The molecular weight excluding hydrogens is 587 g/mol. The number of rotatable bonds is 8. The predicted molar refractivity (Wildman–Crippen MR) is 109 cm³/mol. The zero-order chi connectivity index (χ0) is 27.7. The first-order chi connectivity index (χ1) is 16.2. The van der Waals surface area contributed by atoms with E-state index in [0.717, 1.165) is 6.33 Å². The number of phosphoric acid groups is 3. The van der Waals surface area contributed by atoms with E-state index < -0.39 is 65.0 Å². The predicted octanol–water partition coefficient (Wildman–Crippen LogP) is -2.85. The molecule has 3 rings (SSSR count). The van der Waals surface area contributed by atoms with E-state index in [9.17, 15) is 37.2 Å². The molecule has 0 radical (unpaired) electrons. The molecule has 0 amide bonds. The number of anilines is 1. The zero-order valence-electron chi connectivity index (χ0n) is 17.0. The quantitative estimate of drug-likeness (QED) is 0.108. The lowest BCUT2D eigenvalue weighted by molar-refractivity contribution is -0.0501. The highest BCUT2D eigenvalue weighted by molar-refractivity contribution is 7.85. The van der Waals surface area contributed by atoms with Gasteiger partial charge in [-0.15, -0.1) is 3.97 Å². The Morgan fingerprint density at radius 3 is 2.11 bits per heavy atom. The fourth-order valence-electron chi connectivity index (χ4n) is 2.60. The lowest BCUT2D eigenvalue weighted by atomic mass is 10.1. The molecule has 0 saturated carbocycles. The van der Waals surface area contributed by atoms with Gasteiger partial charge in [-0.05, 0) is 0 Å². The third-order valence-corrected chi connectivity index (χ3v) is 7.49. The molecule has 3 heterocycles. The number of ether oxygens (including phenoxy) is 1. The molecule has 36 heavy (non-hydrogen) atoms. The van der Waals surface area contributed by atoms with Crippen LogP contribution in [-0.2, 0) is 41.6 Å². The van der Waals surface area contributed by atoms with Crippen molar-refractivity contribution in [1.29, 1.82) is 0 Å². The normalized spacial score (nSPS) is 24.8. The van der Waals surface area contributed by atoms with E-state index in [1.807, 2.05) is 0 Å². The van der Waals surface area contributed by atoms with Crippen molar-refractivity contribution in [3.8, 4) is 0 Å². The van der Waals surface area contributed by atoms with Gasteiger partial charge >= 0.3 is 33.9 Å². The van der Waals surface area contributed by atoms with Gasteiger partial charge in [0.15, 0.2) is 17.7 Å². The molecular formula is C10H18N5O17P3S. The summed E-state index contributed by atoms with van der Waals surface area (Å²) in [6.45, 7) is -0.845. The topological polar surface area (TPSA) is 354 Å². The van der Waals surface area contributed by atoms with Gasteiger partial charge in [-0.25, -0.2) is 28.6 Å². The molecule has 0 aliphatic carbocycles. The SMILES string of the molecule is Nc1ncnc2c1ncn2[C@@H]1O[C@H](COP(=O)(O)OS(=O)(=O)O)[C@@H](O)[C@H]1O.O=P(O)(O)OP(=O)(O)O. The van der Waals surface area contributed by atoms with Gasteiger partial charge in [0.05, 0.1) is 12.9 Å². The molecule has 0 aromatic carbocycles. The fourth-order valence-corrected chi connectivity index (χ4v) is 5.17. The maximum atomic E-state index is 11.4. The van der Waals surface area contributed by atoms with Crippen molar-refractivity contribution in [2.75, 3.05) is 12.3 Å². The van der Waals surface area contributed by atoms with Crippen molar-refractivity contribution in [3.63, 3.8) is 0 Å². The van der Waals surface area contributed by atoms with Crippen LogP contribution in [0, 0.1) is 0 Å². The van der Waals surface area contributed by atoms with Crippen LogP contribution in [0.15, 0.2) is 12.7 Å². The first-order valence-corrected chi connectivity index (χ1v) is 14.5. The number of nitrogen functional groups attached to an aromatic ring is 1. The van der Waals surface area contributed by atoms with Crippen molar-refractivity contribution in [2.24, 2.45) is 0 Å². The minimum atomic E-state index is -5.26. The number of aliphatic hydroxyl groups is 2. The summed E-state index contributed by atoms with van der Waals surface area (Å²) >= 11 is 0. The van der Waals surface area contributed by atoms with Gasteiger partial charge in [0, 0.05) is 0 Å². The number of hydrogen-bond acceptors (Lipinski definition) is 15. The summed E-state index contributed by atoms with van der Waals surface area (Å²) in [6, 6.07) is 0. The van der Waals surface area contributed by atoms with Gasteiger partial charge in [-0.1, -0.05) is 0 Å². The average Bonchev–Trinajstić information content (AvgIpc) is 3.19. The highest BCUT2D eigenvalue weighted by Gasteiger charge is 2.45. The monoisotopic (exact) mass is 605 g/mol. The number of fused-ring (bicyclic) bond motifs is 1. The smallest absolute Gasteiger partial charge is 0.387 e. The van der Waals surface area contributed by atoms with E-state index in [0.29, 0.717) is 0 Å². The maximum absolute atomic E-state index is 11.4. The molecule has 1 unspecified atom stereocenters. The number of aromatic nitrogens is 4.